The maximum atomic E-state index is 12.0. The van der Waals surface area contributed by atoms with Crippen molar-refractivity contribution < 1.29 is 14.3 Å². The van der Waals surface area contributed by atoms with Crippen molar-refractivity contribution in [3.63, 3.8) is 0 Å². The third-order valence-electron chi connectivity index (χ3n) is 3.74. The molecule has 0 fully saturated rings. The zero-order valence-electron chi connectivity index (χ0n) is 14.6. The third kappa shape index (κ3) is 6.77. The van der Waals surface area contributed by atoms with Crippen LogP contribution >= 0.6 is 11.6 Å². The van der Waals surface area contributed by atoms with Crippen molar-refractivity contribution in [1.29, 1.82) is 0 Å². The largest absolute Gasteiger partial charge is 0.481 e. The van der Waals surface area contributed by atoms with Crippen LogP contribution in [0.2, 0.25) is 5.02 Å². The fourth-order valence-corrected chi connectivity index (χ4v) is 2.49. The molecule has 4 nitrogen and oxygen atoms in total. The highest BCUT2D eigenvalue weighted by atomic mass is 35.5. The van der Waals surface area contributed by atoms with Crippen molar-refractivity contribution in [2.24, 2.45) is 0 Å². The number of benzene rings is 2. The Bertz CT molecular complexity index is 663. The SMILES string of the molecule is CC(Oc1cccc(Cl)c1)C(=O)NCCCOC(C)c1ccccc1. The number of amides is 1. The third-order valence-corrected chi connectivity index (χ3v) is 3.97. The molecule has 0 spiro atoms. The van der Waals surface area contributed by atoms with Crippen LogP contribution in [0.4, 0.5) is 0 Å². The first-order chi connectivity index (χ1) is 12.1. The molecule has 2 unspecified atom stereocenters. The molecule has 0 saturated heterocycles. The summed E-state index contributed by atoms with van der Waals surface area (Å²) in [4.78, 5) is 12.0. The summed E-state index contributed by atoms with van der Waals surface area (Å²) >= 11 is 5.90. The van der Waals surface area contributed by atoms with E-state index in [1.807, 2.05) is 37.3 Å². The zero-order chi connectivity index (χ0) is 18.1. The van der Waals surface area contributed by atoms with Crippen LogP contribution in [0, 0.1) is 0 Å². The second-order valence-electron chi connectivity index (χ2n) is 5.79. The van der Waals surface area contributed by atoms with E-state index in [0.717, 1.165) is 12.0 Å². The minimum atomic E-state index is -0.581. The lowest BCUT2D eigenvalue weighted by atomic mass is 10.1. The highest BCUT2D eigenvalue weighted by Crippen LogP contribution is 2.18. The molecule has 134 valence electrons. The van der Waals surface area contributed by atoms with Gasteiger partial charge in [-0.2, -0.15) is 0 Å². The second-order valence-corrected chi connectivity index (χ2v) is 6.22. The Labute approximate surface area is 154 Å². The summed E-state index contributed by atoms with van der Waals surface area (Å²) in [6.45, 7) is 4.86. The zero-order valence-corrected chi connectivity index (χ0v) is 15.3. The van der Waals surface area contributed by atoms with Gasteiger partial charge in [0, 0.05) is 18.2 Å². The van der Waals surface area contributed by atoms with Gasteiger partial charge in [0.05, 0.1) is 6.10 Å². The Morgan fingerprint density at radius 3 is 2.60 bits per heavy atom. The van der Waals surface area contributed by atoms with Crippen molar-refractivity contribution >= 4 is 17.5 Å². The van der Waals surface area contributed by atoms with E-state index in [9.17, 15) is 4.79 Å². The topological polar surface area (TPSA) is 47.6 Å². The molecule has 0 aliphatic rings. The van der Waals surface area contributed by atoms with Gasteiger partial charge < -0.3 is 14.8 Å². The number of halogens is 1. The van der Waals surface area contributed by atoms with Gasteiger partial charge in [-0.25, -0.2) is 0 Å². The minimum Gasteiger partial charge on any atom is -0.481 e. The normalized spacial score (nSPS) is 13.1. The van der Waals surface area contributed by atoms with Gasteiger partial charge in [0.2, 0.25) is 0 Å². The molecular formula is C20H24ClNO3. The molecule has 1 amide bonds. The first-order valence-corrected chi connectivity index (χ1v) is 8.80. The Morgan fingerprint density at radius 1 is 1.12 bits per heavy atom. The van der Waals surface area contributed by atoms with Gasteiger partial charge in [-0.3, -0.25) is 4.79 Å². The van der Waals surface area contributed by atoms with Crippen LogP contribution in [0.1, 0.15) is 31.9 Å². The number of carbonyl (C=O) groups is 1. The fourth-order valence-electron chi connectivity index (χ4n) is 2.31. The maximum Gasteiger partial charge on any atom is 0.260 e. The summed E-state index contributed by atoms with van der Waals surface area (Å²) in [7, 11) is 0. The smallest absolute Gasteiger partial charge is 0.260 e. The quantitative estimate of drug-likeness (QED) is 0.674. The van der Waals surface area contributed by atoms with Gasteiger partial charge in [-0.05, 0) is 44.0 Å². The number of nitrogens with one attached hydrogen (secondary N) is 1. The average Bonchev–Trinajstić information content (AvgIpc) is 2.61. The number of ether oxygens (including phenoxy) is 2. The lowest BCUT2D eigenvalue weighted by Crippen LogP contribution is -2.37. The van der Waals surface area contributed by atoms with Gasteiger partial charge in [-0.15, -0.1) is 0 Å². The first-order valence-electron chi connectivity index (χ1n) is 8.42. The summed E-state index contributed by atoms with van der Waals surface area (Å²) in [6.07, 6.45) is 0.205. The summed E-state index contributed by atoms with van der Waals surface area (Å²) < 4.78 is 11.4. The minimum absolute atomic E-state index is 0.0435. The van der Waals surface area contributed by atoms with Crippen LogP contribution in [0.5, 0.6) is 5.75 Å². The van der Waals surface area contributed by atoms with Gasteiger partial charge in [-0.1, -0.05) is 48.0 Å². The van der Waals surface area contributed by atoms with E-state index in [-0.39, 0.29) is 12.0 Å². The molecule has 2 aromatic rings. The van der Waals surface area contributed by atoms with E-state index in [2.05, 4.69) is 5.32 Å². The molecule has 0 aliphatic heterocycles. The van der Waals surface area contributed by atoms with Gasteiger partial charge in [0.25, 0.3) is 5.91 Å². The second kappa shape index (κ2) is 10.1. The molecule has 0 radical (unpaired) electrons. The van der Waals surface area contributed by atoms with Crippen LogP contribution in [-0.4, -0.2) is 25.2 Å². The van der Waals surface area contributed by atoms with Crippen LogP contribution in [0.15, 0.2) is 54.6 Å². The Hall–Kier alpha value is -2.04. The fraction of sp³-hybridized carbons (Fsp3) is 0.350. The lowest BCUT2D eigenvalue weighted by Gasteiger charge is -2.16. The summed E-state index contributed by atoms with van der Waals surface area (Å²) in [5.41, 5.74) is 1.15. The molecule has 0 aromatic heterocycles. The van der Waals surface area contributed by atoms with Crippen molar-refractivity contribution in [3.8, 4) is 5.75 Å². The molecule has 2 aromatic carbocycles. The molecule has 25 heavy (non-hydrogen) atoms. The van der Waals surface area contributed by atoms with Crippen molar-refractivity contribution in [1.82, 2.24) is 5.32 Å². The Balaban J connectivity index is 1.63. The Morgan fingerprint density at radius 2 is 1.88 bits per heavy atom. The standard InChI is InChI=1S/C20H24ClNO3/c1-15(17-8-4-3-5-9-17)24-13-7-12-22-20(23)16(2)25-19-11-6-10-18(21)14-19/h3-6,8-11,14-16H,7,12-13H2,1-2H3,(H,22,23). The molecule has 2 atom stereocenters. The van der Waals surface area contributed by atoms with Crippen molar-refractivity contribution in [3.05, 3.63) is 65.2 Å². The monoisotopic (exact) mass is 361 g/mol. The molecule has 0 aliphatic carbocycles. The van der Waals surface area contributed by atoms with E-state index in [1.165, 1.54) is 0 Å². The van der Waals surface area contributed by atoms with Crippen LogP contribution in [0.3, 0.4) is 0 Å². The number of rotatable bonds is 9. The van der Waals surface area contributed by atoms with Gasteiger partial charge in [0.15, 0.2) is 6.10 Å². The summed E-state index contributed by atoms with van der Waals surface area (Å²) in [6, 6.07) is 17.1. The molecule has 0 bridgehead atoms. The Kier molecular flexibility index (Phi) is 7.76. The van der Waals surface area contributed by atoms with Crippen molar-refractivity contribution in [2.75, 3.05) is 13.2 Å². The average molecular weight is 362 g/mol. The van der Waals surface area contributed by atoms with E-state index in [4.69, 9.17) is 21.1 Å². The first kappa shape index (κ1) is 19.3. The van der Waals surface area contributed by atoms with Crippen molar-refractivity contribution in [2.45, 2.75) is 32.5 Å². The van der Waals surface area contributed by atoms with Crippen LogP contribution in [-0.2, 0) is 9.53 Å². The van der Waals surface area contributed by atoms with Crippen LogP contribution < -0.4 is 10.1 Å². The predicted molar refractivity (Wildman–Crippen MR) is 100.0 cm³/mol. The molecule has 5 heteroatoms. The van der Waals surface area contributed by atoms with E-state index < -0.39 is 6.10 Å². The molecular weight excluding hydrogens is 338 g/mol. The lowest BCUT2D eigenvalue weighted by molar-refractivity contribution is -0.127. The number of carbonyl (C=O) groups excluding carboxylic acids is 1. The maximum absolute atomic E-state index is 12.0. The van der Waals surface area contributed by atoms with Crippen LogP contribution in [0.25, 0.3) is 0 Å². The molecule has 0 saturated carbocycles. The van der Waals surface area contributed by atoms with E-state index in [1.54, 1.807) is 31.2 Å². The molecule has 2 rings (SSSR count). The predicted octanol–water partition coefficient (Wildman–Crippen LogP) is 4.39. The molecule has 0 heterocycles. The number of hydrogen-bond donors (Lipinski definition) is 1. The van der Waals surface area contributed by atoms with Gasteiger partial charge >= 0.3 is 0 Å². The van der Waals surface area contributed by atoms with E-state index in [0.29, 0.717) is 23.9 Å². The molecule has 1 N–H and O–H groups in total. The number of hydrogen-bond acceptors (Lipinski definition) is 3. The van der Waals surface area contributed by atoms with Gasteiger partial charge in [0.1, 0.15) is 5.75 Å². The summed E-state index contributed by atoms with van der Waals surface area (Å²) in [5, 5.41) is 3.43. The van der Waals surface area contributed by atoms with E-state index >= 15 is 0 Å². The highest BCUT2D eigenvalue weighted by Gasteiger charge is 2.14. The summed E-state index contributed by atoms with van der Waals surface area (Å²) in [5.74, 6) is 0.422. The highest BCUT2D eigenvalue weighted by molar-refractivity contribution is 6.30.